The Balaban J connectivity index is 1.87. The zero-order valence-electron chi connectivity index (χ0n) is 17.5. The van der Waals surface area contributed by atoms with Crippen molar-refractivity contribution in [1.29, 1.82) is 0 Å². The summed E-state index contributed by atoms with van der Waals surface area (Å²) in [6.45, 7) is 3.92. The first kappa shape index (κ1) is 22.3. The van der Waals surface area contributed by atoms with Gasteiger partial charge in [-0.15, -0.1) is 0 Å². The average Bonchev–Trinajstić information content (AvgIpc) is 3.15. The van der Waals surface area contributed by atoms with Crippen LogP contribution in [0, 0.1) is 5.92 Å². The highest BCUT2D eigenvalue weighted by Gasteiger charge is 2.41. The Morgan fingerprint density at radius 3 is 2.43 bits per heavy atom. The lowest BCUT2D eigenvalue weighted by Gasteiger charge is -2.30. The molecule has 1 aromatic heterocycles. The second kappa shape index (κ2) is 9.63. The Bertz CT molecular complexity index is 1030. The van der Waals surface area contributed by atoms with Crippen molar-refractivity contribution in [3.05, 3.63) is 71.9 Å². The van der Waals surface area contributed by atoms with Gasteiger partial charge in [0.15, 0.2) is 0 Å². The van der Waals surface area contributed by atoms with Crippen molar-refractivity contribution in [2.24, 2.45) is 5.92 Å². The fraction of sp³-hybridized carbons (Fsp3) is 0.375. The number of rotatable bonds is 10. The summed E-state index contributed by atoms with van der Waals surface area (Å²) >= 11 is 0. The molecule has 0 saturated carbocycles. The van der Waals surface area contributed by atoms with Crippen LogP contribution in [0.4, 0.5) is 0 Å². The topological polar surface area (TPSA) is 90.4 Å². The van der Waals surface area contributed by atoms with E-state index < -0.39 is 24.9 Å². The van der Waals surface area contributed by atoms with Gasteiger partial charge in [-0.2, -0.15) is 0 Å². The quantitative estimate of drug-likeness (QED) is 0.346. The number of carbonyl (C=O) groups is 1. The smallest absolute Gasteiger partial charge is 0.307 e. The van der Waals surface area contributed by atoms with Gasteiger partial charge >= 0.3 is 5.97 Å². The molecule has 0 spiro atoms. The van der Waals surface area contributed by atoms with Crippen LogP contribution in [0.25, 0.3) is 10.9 Å². The Morgan fingerprint density at radius 2 is 1.77 bits per heavy atom. The minimum Gasteiger partial charge on any atom is -0.481 e. The molecule has 0 bridgehead atoms. The van der Waals surface area contributed by atoms with Crippen molar-refractivity contribution in [1.82, 2.24) is 4.98 Å². The lowest BCUT2D eigenvalue weighted by molar-refractivity contribution is -0.142. The Kier molecular flexibility index (Phi) is 7.17. The van der Waals surface area contributed by atoms with Crippen molar-refractivity contribution in [3.8, 4) is 0 Å². The van der Waals surface area contributed by atoms with Gasteiger partial charge in [-0.1, -0.05) is 68.8 Å². The molecule has 0 saturated heterocycles. The molecule has 2 aromatic carbocycles. The zero-order chi connectivity index (χ0) is 21.7. The number of H-pyrrole nitrogens is 1. The monoisotopic (exact) mass is 427 g/mol. The van der Waals surface area contributed by atoms with Gasteiger partial charge in [0.2, 0.25) is 7.37 Å². The summed E-state index contributed by atoms with van der Waals surface area (Å²) in [5.41, 5.74) is 2.04. The van der Waals surface area contributed by atoms with Crippen LogP contribution in [-0.2, 0) is 15.5 Å². The molecule has 4 unspecified atom stereocenters. The summed E-state index contributed by atoms with van der Waals surface area (Å²) in [5.74, 6) is -1.94. The molecule has 3 aromatic rings. The minimum atomic E-state index is -3.72. The van der Waals surface area contributed by atoms with Crippen LogP contribution in [0.2, 0.25) is 0 Å². The van der Waals surface area contributed by atoms with Gasteiger partial charge in [0.25, 0.3) is 0 Å². The number of aliphatic carboxylic acids is 1. The van der Waals surface area contributed by atoms with Gasteiger partial charge in [-0.25, -0.2) is 0 Å². The molecular formula is C24H30NO4P. The number of aromatic nitrogens is 1. The van der Waals surface area contributed by atoms with Gasteiger partial charge in [-0.3, -0.25) is 9.36 Å². The number of hydrogen-bond acceptors (Lipinski definition) is 2. The first-order chi connectivity index (χ1) is 14.3. The lowest BCUT2D eigenvalue weighted by Crippen LogP contribution is -2.30. The Morgan fingerprint density at radius 1 is 1.10 bits per heavy atom. The molecule has 3 rings (SSSR count). The van der Waals surface area contributed by atoms with Crippen LogP contribution >= 0.6 is 7.37 Å². The molecular weight excluding hydrogens is 397 g/mol. The first-order valence-corrected chi connectivity index (χ1v) is 12.4. The number of para-hydroxylation sites is 1. The van der Waals surface area contributed by atoms with E-state index in [0.29, 0.717) is 19.3 Å². The van der Waals surface area contributed by atoms with E-state index in [0.717, 1.165) is 22.0 Å². The molecule has 4 atom stereocenters. The molecule has 1 heterocycles. The van der Waals surface area contributed by atoms with E-state index in [4.69, 9.17) is 0 Å². The summed E-state index contributed by atoms with van der Waals surface area (Å²) in [7, 11) is -3.72. The van der Waals surface area contributed by atoms with Gasteiger partial charge in [-0.05, 0) is 36.0 Å². The van der Waals surface area contributed by atoms with E-state index in [2.05, 4.69) is 4.98 Å². The van der Waals surface area contributed by atoms with Crippen molar-refractivity contribution in [3.63, 3.8) is 0 Å². The van der Waals surface area contributed by atoms with E-state index in [1.165, 1.54) is 0 Å². The normalized spacial score (nSPS) is 16.6. The van der Waals surface area contributed by atoms with E-state index in [1.807, 2.05) is 74.6 Å². The van der Waals surface area contributed by atoms with E-state index >= 15 is 0 Å². The highest BCUT2D eigenvalue weighted by Crippen LogP contribution is 2.55. The zero-order valence-corrected chi connectivity index (χ0v) is 18.4. The van der Waals surface area contributed by atoms with Crippen LogP contribution in [0.5, 0.6) is 0 Å². The molecule has 160 valence electrons. The molecule has 0 aliphatic carbocycles. The number of nitrogens with one attached hydrogen (secondary N) is 1. The molecule has 0 amide bonds. The van der Waals surface area contributed by atoms with Crippen LogP contribution in [0.1, 0.15) is 50.2 Å². The number of carboxylic acids is 1. The van der Waals surface area contributed by atoms with E-state index in [-0.39, 0.29) is 12.1 Å². The third kappa shape index (κ3) is 5.03. The predicted octanol–water partition coefficient (Wildman–Crippen LogP) is 6.00. The second-order valence-electron chi connectivity index (χ2n) is 8.13. The fourth-order valence-electron chi connectivity index (χ4n) is 4.37. The number of benzene rings is 2. The SMILES string of the molecule is CCCC(C(CC(C)c1c[nH]c2ccccc12)C(=O)O)P(=O)(O)Cc1ccccc1. The van der Waals surface area contributed by atoms with Gasteiger partial charge < -0.3 is 15.0 Å². The van der Waals surface area contributed by atoms with Crippen molar-refractivity contribution in [2.75, 3.05) is 0 Å². The average molecular weight is 427 g/mol. The standard InChI is InChI=1S/C24H30NO4P/c1-3-9-23(30(28,29)16-18-10-5-4-6-11-18)20(24(26)27)14-17(2)21-15-25-22-13-8-7-12-19(21)22/h4-8,10-13,15,17,20,23,25H,3,9,14,16H2,1-2H3,(H,26,27)(H,28,29). The van der Waals surface area contributed by atoms with Crippen LogP contribution in [0.15, 0.2) is 60.8 Å². The number of carboxylic acid groups (broad SMARTS) is 1. The van der Waals surface area contributed by atoms with Crippen LogP contribution < -0.4 is 0 Å². The maximum absolute atomic E-state index is 13.4. The first-order valence-electron chi connectivity index (χ1n) is 10.5. The summed E-state index contributed by atoms with van der Waals surface area (Å²) in [5, 5.41) is 11.1. The summed E-state index contributed by atoms with van der Waals surface area (Å²) < 4.78 is 13.4. The number of fused-ring (bicyclic) bond motifs is 1. The maximum atomic E-state index is 13.4. The molecule has 0 aliphatic heterocycles. The number of aromatic amines is 1. The molecule has 5 nitrogen and oxygen atoms in total. The minimum absolute atomic E-state index is 0.00372. The third-order valence-corrected chi connectivity index (χ3v) is 8.37. The lowest BCUT2D eigenvalue weighted by atomic mass is 9.87. The van der Waals surface area contributed by atoms with E-state index in [1.54, 1.807) is 0 Å². The predicted molar refractivity (Wildman–Crippen MR) is 121 cm³/mol. The van der Waals surface area contributed by atoms with Crippen LogP contribution in [0.3, 0.4) is 0 Å². The molecule has 0 aliphatic rings. The summed E-state index contributed by atoms with van der Waals surface area (Å²) in [6, 6.07) is 17.1. The molecule has 0 fully saturated rings. The molecule has 0 radical (unpaired) electrons. The Labute approximate surface area is 177 Å². The number of hydrogen-bond donors (Lipinski definition) is 3. The molecule has 3 N–H and O–H groups in total. The van der Waals surface area contributed by atoms with Crippen molar-refractivity contribution in [2.45, 2.75) is 50.8 Å². The largest absolute Gasteiger partial charge is 0.481 e. The fourth-order valence-corrected chi connectivity index (χ4v) is 6.82. The molecule has 6 heteroatoms. The van der Waals surface area contributed by atoms with Gasteiger partial charge in [0, 0.05) is 28.9 Å². The molecule has 30 heavy (non-hydrogen) atoms. The summed E-state index contributed by atoms with van der Waals surface area (Å²) in [4.78, 5) is 26.5. The van der Waals surface area contributed by atoms with Crippen LogP contribution in [-0.4, -0.2) is 26.6 Å². The highest BCUT2D eigenvalue weighted by atomic mass is 31.2. The highest BCUT2D eigenvalue weighted by molar-refractivity contribution is 7.58. The Hall–Kier alpha value is -2.36. The third-order valence-electron chi connectivity index (χ3n) is 5.90. The van der Waals surface area contributed by atoms with E-state index in [9.17, 15) is 19.4 Å². The van der Waals surface area contributed by atoms with Crippen molar-refractivity contribution >= 4 is 24.2 Å². The van der Waals surface area contributed by atoms with Crippen molar-refractivity contribution < 1.29 is 19.4 Å². The maximum Gasteiger partial charge on any atom is 0.307 e. The summed E-state index contributed by atoms with van der Waals surface area (Å²) in [6.07, 6.45) is 3.32. The second-order valence-corrected chi connectivity index (χ2v) is 10.6. The van der Waals surface area contributed by atoms with Gasteiger partial charge in [0.05, 0.1) is 5.92 Å². The van der Waals surface area contributed by atoms with Gasteiger partial charge in [0.1, 0.15) is 0 Å².